The van der Waals surface area contributed by atoms with Gasteiger partial charge in [-0.15, -0.1) is 10.2 Å². The summed E-state index contributed by atoms with van der Waals surface area (Å²) >= 11 is 11.3. The Morgan fingerprint density at radius 3 is 2.55 bits per heavy atom. The number of benzene rings is 4. The van der Waals surface area contributed by atoms with Crippen LogP contribution in [-0.2, 0) is 16.6 Å². The summed E-state index contributed by atoms with van der Waals surface area (Å²) in [5, 5.41) is 29.1. The average molecular weight is 568 g/mol. The van der Waals surface area contributed by atoms with Crippen LogP contribution in [0.15, 0.2) is 94.0 Å². The van der Waals surface area contributed by atoms with Gasteiger partial charge in [-0.05, 0) is 52.8 Å². The highest BCUT2D eigenvalue weighted by atomic mass is 35.5. The van der Waals surface area contributed by atoms with E-state index in [1.165, 1.54) is 24.3 Å². The first-order valence-corrected chi connectivity index (χ1v) is 13.5. The monoisotopic (exact) mass is 567 g/mol. The Kier molecular flexibility index (Phi) is 6.84. The minimum Gasteiger partial charge on any atom is -0.493 e. The molecule has 4 N–H and O–H groups in total. The van der Waals surface area contributed by atoms with Gasteiger partial charge in [-0.1, -0.05) is 66.2 Å². The first-order chi connectivity index (χ1) is 18.1. The number of nitrogens with two attached hydrogens (primary N) is 1. The molecular formula is C26H19ClFN5O3S2. The molecule has 1 aromatic heterocycles. The van der Waals surface area contributed by atoms with Crippen molar-refractivity contribution in [3.8, 4) is 5.88 Å². The average Bonchev–Trinajstić information content (AvgIpc) is 3.12. The van der Waals surface area contributed by atoms with Gasteiger partial charge in [0.2, 0.25) is 21.0 Å². The third-order valence-corrected chi connectivity index (χ3v) is 7.38. The second kappa shape index (κ2) is 10.1. The third kappa shape index (κ3) is 4.96. The zero-order valence-electron chi connectivity index (χ0n) is 19.5. The van der Waals surface area contributed by atoms with E-state index in [4.69, 9.17) is 29.0 Å². The summed E-state index contributed by atoms with van der Waals surface area (Å²) in [5.41, 5.74) is 1.43. The van der Waals surface area contributed by atoms with Gasteiger partial charge in [0, 0.05) is 5.39 Å². The number of anilines is 1. The van der Waals surface area contributed by atoms with Gasteiger partial charge in [-0.3, -0.25) is 0 Å². The molecule has 0 fully saturated rings. The fraction of sp³-hybridized carbons (Fsp3) is 0.0385. The minimum absolute atomic E-state index is 0.0281. The maximum Gasteiger partial charge on any atom is 0.240 e. The molecule has 8 nitrogen and oxygen atoms in total. The number of nitrogens with zero attached hydrogens (tertiary/aromatic N) is 3. The van der Waals surface area contributed by atoms with Crippen molar-refractivity contribution >= 4 is 72.0 Å². The van der Waals surface area contributed by atoms with E-state index in [0.29, 0.717) is 5.52 Å². The molecule has 38 heavy (non-hydrogen) atoms. The molecule has 0 aliphatic rings. The fourth-order valence-corrected chi connectivity index (χ4v) is 5.23. The van der Waals surface area contributed by atoms with E-state index in [1.807, 2.05) is 42.5 Å². The Bertz CT molecular complexity index is 1870. The predicted molar refractivity (Wildman–Crippen MR) is 150 cm³/mol. The lowest BCUT2D eigenvalue weighted by atomic mass is 10.0. The first-order valence-electron chi connectivity index (χ1n) is 11.1. The molecule has 0 saturated heterocycles. The van der Waals surface area contributed by atoms with Crippen LogP contribution in [0.25, 0.3) is 21.7 Å². The summed E-state index contributed by atoms with van der Waals surface area (Å²) in [7, 11) is -4.02. The summed E-state index contributed by atoms with van der Waals surface area (Å²) in [6, 6.07) is 22.1. The molecule has 0 bridgehead atoms. The molecule has 4 aromatic carbocycles. The van der Waals surface area contributed by atoms with Gasteiger partial charge >= 0.3 is 0 Å². The maximum absolute atomic E-state index is 14.4. The number of sulfonamides is 1. The molecule has 12 heteroatoms. The number of aromatic hydroxyl groups is 1. The molecule has 0 amide bonds. The molecule has 0 radical (unpaired) electrons. The highest BCUT2D eigenvalue weighted by Gasteiger charge is 2.20. The normalized spacial score (nSPS) is 12.0. The van der Waals surface area contributed by atoms with Crippen molar-refractivity contribution in [1.29, 1.82) is 0 Å². The lowest BCUT2D eigenvalue weighted by Crippen LogP contribution is -2.16. The van der Waals surface area contributed by atoms with Gasteiger partial charge in [0.05, 0.1) is 22.8 Å². The maximum atomic E-state index is 14.4. The van der Waals surface area contributed by atoms with Crippen LogP contribution in [-0.4, -0.2) is 23.2 Å². The van der Waals surface area contributed by atoms with Gasteiger partial charge in [0.25, 0.3) is 0 Å². The molecule has 0 atom stereocenters. The van der Waals surface area contributed by atoms with Crippen molar-refractivity contribution in [3.63, 3.8) is 0 Å². The Morgan fingerprint density at radius 1 is 1.05 bits per heavy atom. The molecule has 0 unspecified atom stereocenters. The van der Waals surface area contributed by atoms with Crippen molar-refractivity contribution in [2.45, 2.75) is 11.4 Å². The number of primary sulfonamides is 1. The zero-order chi connectivity index (χ0) is 27.0. The lowest BCUT2D eigenvalue weighted by molar-refractivity contribution is 0.430. The zero-order valence-corrected chi connectivity index (χ0v) is 21.9. The molecule has 5 aromatic rings. The first kappa shape index (κ1) is 25.7. The summed E-state index contributed by atoms with van der Waals surface area (Å²) in [5.74, 6) is -0.966. The number of aromatic nitrogens is 1. The number of para-hydroxylation sites is 1. The topological polar surface area (TPSA) is 122 Å². The smallest absolute Gasteiger partial charge is 0.240 e. The SMILES string of the molecule is NS(=O)(=O)c1ccccc1NC(=S)N=Nc1c(O)n(Cc2cccc3ccccc23)c2cc(Cl)c(F)cc12. The number of rotatable bonds is 5. The number of hydrogen-bond acceptors (Lipinski definition) is 5. The van der Waals surface area contributed by atoms with Crippen LogP contribution in [0.3, 0.4) is 0 Å². The van der Waals surface area contributed by atoms with Gasteiger partial charge in [-0.25, -0.2) is 17.9 Å². The molecule has 5 rings (SSSR count). The van der Waals surface area contributed by atoms with Gasteiger partial charge in [-0.2, -0.15) is 0 Å². The Balaban J connectivity index is 1.55. The van der Waals surface area contributed by atoms with Crippen LogP contribution in [0.5, 0.6) is 5.88 Å². The van der Waals surface area contributed by atoms with Crippen LogP contribution < -0.4 is 10.5 Å². The number of hydrogen-bond donors (Lipinski definition) is 3. The molecular weight excluding hydrogens is 549 g/mol. The van der Waals surface area contributed by atoms with Crippen molar-refractivity contribution < 1.29 is 17.9 Å². The summed E-state index contributed by atoms with van der Waals surface area (Å²) in [4.78, 5) is -0.177. The van der Waals surface area contributed by atoms with Crippen molar-refractivity contribution in [2.24, 2.45) is 15.4 Å². The van der Waals surface area contributed by atoms with E-state index < -0.39 is 15.8 Å². The minimum atomic E-state index is -4.02. The molecule has 0 saturated carbocycles. The van der Waals surface area contributed by atoms with Gasteiger partial charge in [0.1, 0.15) is 10.7 Å². The predicted octanol–water partition coefficient (Wildman–Crippen LogP) is 6.47. The second-order valence-electron chi connectivity index (χ2n) is 8.35. The number of azo groups is 1. The van der Waals surface area contributed by atoms with E-state index in [9.17, 15) is 17.9 Å². The van der Waals surface area contributed by atoms with E-state index in [0.717, 1.165) is 22.4 Å². The fourth-order valence-electron chi connectivity index (χ4n) is 4.22. The molecule has 1 heterocycles. The Morgan fingerprint density at radius 2 is 1.76 bits per heavy atom. The van der Waals surface area contributed by atoms with Crippen LogP contribution in [0.4, 0.5) is 15.8 Å². The summed E-state index contributed by atoms with van der Waals surface area (Å²) < 4.78 is 39.7. The van der Waals surface area contributed by atoms with Crippen LogP contribution in [0.2, 0.25) is 5.02 Å². The second-order valence-corrected chi connectivity index (χ2v) is 10.7. The van der Waals surface area contributed by atoms with Crippen molar-refractivity contribution in [2.75, 3.05) is 5.32 Å². The Hall–Kier alpha value is -3.90. The number of fused-ring (bicyclic) bond motifs is 2. The standard InChI is InChI=1S/C26H19ClFN5O3S2/c27-19-13-22-18(12-20(19)28)24(31-32-26(37)30-21-10-3-4-11-23(21)38(29,35)36)25(34)33(22)14-16-8-5-7-15-6-1-2-9-17(15)16/h1-13,34H,14H2,(H,30,37)(H2,29,35,36). The number of halogens is 2. The van der Waals surface area contributed by atoms with E-state index in [-0.39, 0.29) is 44.2 Å². The van der Waals surface area contributed by atoms with Crippen LogP contribution in [0.1, 0.15) is 5.56 Å². The van der Waals surface area contributed by atoms with Gasteiger partial charge in [0.15, 0.2) is 5.69 Å². The largest absolute Gasteiger partial charge is 0.493 e. The number of thiocarbonyl (C=S) groups is 1. The van der Waals surface area contributed by atoms with Gasteiger partial charge < -0.3 is 15.0 Å². The van der Waals surface area contributed by atoms with Crippen LogP contribution >= 0.6 is 23.8 Å². The van der Waals surface area contributed by atoms with Crippen LogP contribution in [0, 0.1) is 5.82 Å². The molecule has 0 spiro atoms. The Labute approximate surface area is 227 Å². The highest BCUT2D eigenvalue weighted by molar-refractivity contribution is 7.89. The molecule has 0 aliphatic carbocycles. The summed E-state index contributed by atoms with van der Waals surface area (Å²) in [6.45, 7) is 0.242. The highest BCUT2D eigenvalue weighted by Crippen LogP contribution is 2.41. The van der Waals surface area contributed by atoms with E-state index >= 15 is 0 Å². The molecule has 192 valence electrons. The summed E-state index contributed by atoms with van der Waals surface area (Å²) in [6.07, 6.45) is 0. The van der Waals surface area contributed by atoms with Crippen molar-refractivity contribution in [1.82, 2.24) is 4.57 Å². The lowest BCUT2D eigenvalue weighted by Gasteiger charge is -2.10. The quantitative estimate of drug-likeness (QED) is 0.166. The third-order valence-electron chi connectivity index (χ3n) is 5.94. The number of nitrogens with one attached hydrogen (secondary N) is 1. The van der Waals surface area contributed by atoms with E-state index in [1.54, 1.807) is 10.6 Å². The molecule has 0 aliphatic heterocycles. The van der Waals surface area contributed by atoms with E-state index in [2.05, 4.69) is 15.5 Å². The van der Waals surface area contributed by atoms with Crippen molar-refractivity contribution in [3.05, 3.63) is 95.3 Å².